The van der Waals surface area contributed by atoms with E-state index in [0.717, 1.165) is 23.1 Å². The van der Waals surface area contributed by atoms with Crippen LogP contribution in [0.4, 0.5) is 0 Å². The molecule has 1 N–H and O–H groups in total. The lowest BCUT2D eigenvalue weighted by Crippen LogP contribution is -2.42. The van der Waals surface area contributed by atoms with Crippen molar-refractivity contribution in [1.29, 1.82) is 0 Å². The van der Waals surface area contributed by atoms with Gasteiger partial charge in [0.05, 0.1) is 6.54 Å². The summed E-state index contributed by atoms with van der Waals surface area (Å²) in [5.41, 5.74) is 2.11. The van der Waals surface area contributed by atoms with Crippen LogP contribution in [-0.2, 0) is 23.4 Å². The monoisotopic (exact) mass is 319 g/mol. The van der Waals surface area contributed by atoms with Gasteiger partial charge in [-0.2, -0.15) is 0 Å². The zero-order valence-corrected chi connectivity index (χ0v) is 13.8. The first-order valence-corrected chi connectivity index (χ1v) is 8.19. The Hall–Kier alpha value is -2.57. The van der Waals surface area contributed by atoms with Gasteiger partial charge in [-0.1, -0.05) is 60.5 Å². The fraction of sp³-hybridized carbons (Fsp3) is 0.286. The van der Waals surface area contributed by atoms with E-state index in [-0.39, 0.29) is 12.5 Å². The maximum Gasteiger partial charge on any atom is 0.298 e. The molecule has 0 radical (unpaired) electrons. The summed E-state index contributed by atoms with van der Waals surface area (Å²) in [7, 11) is 0. The first kappa shape index (κ1) is 16.3. The predicted octanol–water partition coefficient (Wildman–Crippen LogP) is 2.87. The molecule has 3 heteroatoms. The Labute approximate surface area is 142 Å². The maximum atomic E-state index is 12.4. The van der Waals surface area contributed by atoms with Crippen molar-refractivity contribution in [3.05, 3.63) is 71.3 Å². The average molecular weight is 319 g/mol. The molecule has 122 valence electrons. The first-order chi connectivity index (χ1) is 11.6. The Morgan fingerprint density at radius 3 is 2.62 bits per heavy atom. The molecule has 1 unspecified atom stereocenters. The van der Waals surface area contributed by atoms with Crippen molar-refractivity contribution in [2.24, 2.45) is 0 Å². The second kappa shape index (κ2) is 6.90. The number of hydrogen-bond acceptors (Lipinski definition) is 2. The van der Waals surface area contributed by atoms with Gasteiger partial charge in [-0.25, -0.2) is 0 Å². The van der Waals surface area contributed by atoms with Crippen LogP contribution in [0.3, 0.4) is 0 Å². The Kier molecular flexibility index (Phi) is 4.69. The molecule has 2 aromatic rings. The van der Waals surface area contributed by atoms with E-state index in [2.05, 4.69) is 11.8 Å². The van der Waals surface area contributed by atoms with Gasteiger partial charge in [0, 0.05) is 6.54 Å². The highest BCUT2D eigenvalue weighted by Crippen LogP contribution is 2.37. The zero-order chi connectivity index (χ0) is 17.0. The summed E-state index contributed by atoms with van der Waals surface area (Å²) >= 11 is 0. The smallest absolute Gasteiger partial charge is 0.298 e. The summed E-state index contributed by atoms with van der Waals surface area (Å²) in [5.74, 6) is 5.02. The highest BCUT2D eigenvalue weighted by atomic mass is 16.3. The minimum absolute atomic E-state index is 0.251. The van der Waals surface area contributed by atoms with Gasteiger partial charge in [-0.3, -0.25) is 4.79 Å². The van der Waals surface area contributed by atoms with Crippen molar-refractivity contribution in [2.75, 3.05) is 6.54 Å². The molecule has 1 amide bonds. The van der Waals surface area contributed by atoms with Gasteiger partial charge in [0.2, 0.25) is 0 Å². The van der Waals surface area contributed by atoms with Gasteiger partial charge in [0.15, 0.2) is 0 Å². The molecular weight excluding hydrogens is 298 g/mol. The summed E-state index contributed by atoms with van der Waals surface area (Å²) in [6, 6.07) is 17.7. The molecule has 3 rings (SSSR count). The van der Waals surface area contributed by atoms with E-state index < -0.39 is 5.60 Å². The number of rotatable bonds is 4. The molecule has 0 saturated heterocycles. The fourth-order valence-electron chi connectivity index (χ4n) is 3.34. The molecule has 24 heavy (non-hydrogen) atoms. The number of carbonyl (C=O) groups is 1. The summed E-state index contributed by atoms with van der Waals surface area (Å²) < 4.78 is 0. The number of aliphatic hydroxyl groups is 1. The number of fused-ring (bicyclic) bond motifs is 1. The van der Waals surface area contributed by atoms with Crippen LogP contribution in [0, 0.1) is 11.8 Å². The third-order valence-electron chi connectivity index (χ3n) is 4.51. The lowest BCUT2D eigenvalue weighted by Gasteiger charge is -2.31. The molecule has 0 aliphatic heterocycles. The van der Waals surface area contributed by atoms with Crippen LogP contribution < -0.4 is 0 Å². The lowest BCUT2D eigenvalue weighted by atomic mass is 9.95. The largest absolute Gasteiger partial charge is 0.383 e. The number of benzene rings is 2. The van der Waals surface area contributed by atoms with Gasteiger partial charge in [-0.05, 0) is 42.4 Å². The standard InChI is InChI=1S/C21H21NO2/c1-2-8-20(23)22(15-17-9-4-3-5-10-17)16-21(24)14-13-18-11-6-7-12-19(18)21/h3-7,9-12,24H,13-16H2,1H3. The molecule has 0 aromatic heterocycles. The van der Waals surface area contributed by atoms with Gasteiger partial charge >= 0.3 is 0 Å². The topological polar surface area (TPSA) is 40.5 Å². The van der Waals surface area contributed by atoms with E-state index in [9.17, 15) is 9.90 Å². The van der Waals surface area contributed by atoms with E-state index in [1.165, 1.54) is 0 Å². The van der Waals surface area contributed by atoms with E-state index in [1.807, 2.05) is 54.6 Å². The third-order valence-corrected chi connectivity index (χ3v) is 4.51. The second-order valence-electron chi connectivity index (χ2n) is 6.21. The number of carbonyl (C=O) groups excluding carboxylic acids is 1. The van der Waals surface area contributed by atoms with Crippen molar-refractivity contribution in [3.8, 4) is 11.8 Å². The van der Waals surface area contributed by atoms with Crippen LogP contribution in [0.15, 0.2) is 54.6 Å². The molecule has 1 atom stereocenters. The van der Waals surface area contributed by atoms with Crippen molar-refractivity contribution < 1.29 is 9.90 Å². The van der Waals surface area contributed by atoms with Crippen LogP contribution >= 0.6 is 0 Å². The molecule has 0 saturated carbocycles. The van der Waals surface area contributed by atoms with Crippen LogP contribution in [0.1, 0.15) is 30.0 Å². The zero-order valence-electron chi connectivity index (χ0n) is 13.8. The molecule has 2 aromatic carbocycles. The van der Waals surface area contributed by atoms with Crippen LogP contribution in [0.5, 0.6) is 0 Å². The summed E-state index contributed by atoms with van der Waals surface area (Å²) in [6.07, 6.45) is 1.46. The molecule has 0 heterocycles. The first-order valence-electron chi connectivity index (χ1n) is 8.19. The van der Waals surface area contributed by atoms with Gasteiger partial charge in [-0.15, -0.1) is 0 Å². The van der Waals surface area contributed by atoms with Crippen LogP contribution in [-0.4, -0.2) is 22.5 Å². The second-order valence-corrected chi connectivity index (χ2v) is 6.21. The van der Waals surface area contributed by atoms with E-state index in [0.29, 0.717) is 13.0 Å². The Bertz CT molecular complexity index is 788. The lowest BCUT2D eigenvalue weighted by molar-refractivity contribution is -0.129. The van der Waals surface area contributed by atoms with E-state index in [4.69, 9.17) is 0 Å². The minimum Gasteiger partial charge on any atom is -0.383 e. The molecular formula is C21H21NO2. The summed E-state index contributed by atoms with van der Waals surface area (Å²) in [4.78, 5) is 14.1. The van der Waals surface area contributed by atoms with Gasteiger partial charge < -0.3 is 10.0 Å². The third kappa shape index (κ3) is 3.34. The number of nitrogens with zero attached hydrogens (tertiary/aromatic N) is 1. The number of amides is 1. The minimum atomic E-state index is -1.00. The SMILES string of the molecule is CC#CC(=O)N(Cc1ccccc1)CC1(O)CCc2ccccc21. The molecule has 0 fully saturated rings. The van der Waals surface area contributed by atoms with E-state index >= 15 is 0 Å². The van der Waals surface area contributed by atoms with E-state index in [1.54, 1.807) is 11.8 Å². The molecule has 0 spiro atoms. The average Bonchev–Trinajstić information content (AvgIpc) is 2.93. The van der Waals surface area contributed by atoms with Crippen molar-refractivity contribution >= 4 is 5.91 Å². The van der Waals surface area contributed by atoms with Gasteiger partial charge in [0.1, 0.15) is 5.60 Å². The quantitative estimate of drug-likeness (QED) is 0.880. The fourth-order valence-corrected chi connectivity index (χ4v) is 3.34. The predicted molar refractivity (Wildman–Crippen MR) is 94.0 cm³/mol. The molecule has 3 nitrogen and oxygen atoms in total. The van der Waals surface area contributed by atoms with Crippen molar-refractivity contribution in [2.45, 2.75) is 31.9 Å². The van der Waals surface area contributed by atoms with Gasteiger partial charge in [0.25, 0.3) is 5.91 Å². The highest BCUT2D eigenvalue weighted by Gasteiger charge is 2.38. The van der Waals surface area contributed by atoms with Crippen molar-refractivity contribution in [3.63, 3.8) is 0 Å². The normalized spacial score (nSPS) is 18.4. The molecule has 0 bridgehead atoms. The van der Waals surface area contributed by atoms with Crippen LogP contribution in [0.2, 0.25) is 0 Å². The van der Waals surface area contributed by atoms with Crippen molar-refractivity contribution in [1.82, 2.24) is 4.90 Å². The highest BCUT2D eigenvalue weighted by molar-refractivity contribution is 5.93. The van der Waals surface area contributed by atoms with Crippen LogP contribution in [0.25, 0.3) is 0 Å². The Morgan fingerprint density at radius 2 is 1.88 bits per heavy atom. The maximum absolute atomic E-state index is 12.4. The number of hydrogen-bond donors (Lipinski definition) is 1. The summed E-state index contributed by atoms with van der Waals surface area (Å²) in [5, 5.41) is 11.2. The molecule has 1 aliphatic carbocycles. The number of aryl methyl sites for hydroxylation is 1. The Morgan fingerprint density at radius 1 is 1.17 bits per heavy atom. The molecule has 1 aliphatic rings. The summed E-state index contributed by atoms with van der Waals surface area (Å²) in [6.45, 7) is 2.35. The Balaban J connectivity index is 1.86.